The molecule has 0 radical (unpaired) electrons. The summed E-state index contributed by atoms with van der Waals surface area (Å²) in [6.45, 7) is 17.5. The van der Waals surface area contributed by atoms with E-state index >= 15 is 0 Å². The first-order chi connectivity index (χ1) is 10.2. The second-order valence-electron chi connectivity index (χ2n) is 3.16. The molecule has 2 rings (SSSR count). The van der Waals surface area contributed by atoms with E-state index in [0.717, 1.165) is 5.57 Å². The molecule has 1 aromatic heterocycles. The van der Waals surface area contributed by atoms with E-state index < -0.39 is 17.5 Å². The molecule has 8 nitrogen and oxygen atoms in total. The van der Waals surface area contributed by atoms with Gasteiger partial charge in [-0.3, -0.25) is 14.3 Å². The second kappa shape index (κ2) is 15.3. The first-order valence-corrected chi connectivity index (χ1v) is 5.08. The molecule has 0 bridgehead atoms. The van der Waals surface area contributed by atoms with Crippen molar-refractivity contribution in [3.8, 4) is 0 Å². The summed E-state index contributed by atoms with van der Waals surface area (Å²) in [5.41, 5.74) is 0.0364. The molecular formula is C13H10FeN2O6. The van der Waals surface area contributed by atoms with Crippen LogP contribution in [0.2, 0.25) is 0 Å². The van der Waals surface area contributed by atoms with Crippen LogP contribution in [0.4, 0.5) is 0 Å². The van der Waals surface area contributed by atoms with Gasteiger partial charge < -0.3 is 4.74 Å². The Kier molecular flexibility index (Phi) is 17.2. The molecule has 2 heterocycles. The van der Waals surface area contributed by atoms with Gasteiger partial charge in [0.05, 0.1) is 6.61 Å². The number of hydrogen-bond donors (Lipinski definition) is 1. The van der Waals surface area contributed by atoms with E-state index in [9.17, 15) is 9.59 Å². The summed E-state index contributed by atoms with van der Waals surface area (Å²) < 4.78 is 29.2. The minimum absolute atomic E-state index is 0. The normalized spacial score (nSPS) is 13.9. The molecule has 0 aliphatic carbocycles. The topological polar surface area (TPSA) is 124 Å². The van der Waals surface area contributed by atoms with Crippen LogP contribution in [-0.2, 0) is 35.8 Å². The number of nitrogens with zero attached hydrogens (tertiary/aromatic N) is 1. The minimum Gasteiger partial charge on any atom is 0 e. The van der Waals surface area contributed by atoms with Crippen LogP contribution < -0.4 is 11.2 Å². The zero-order valence-corrected chi connectivity index (χ0v) is 12.2. The van der Waals surface area contributed by atoms with E-state index in [1.165, 1.54) is 16.8 Å². The number of rotatable bonds is 2. The largest absolute Gasteiger partial charge is 0 e. The van der Waals surface area contributed by atoms with E-state index in [4.69, 9.17) is 18.7 Å². The van der Waals surface area contributed by atoms with Gasteiger partial charge >= 0.3 is 39.6 Å². The predicted octanol–water partition coefficient (Wildman–Crippen LogP) is 0.0628. The summed E-state index contributed by atoms with van der Waals surface area (Å²) in [4.78, 5) is 24.4. The first kappa shape index (κ1) is 24.9. The maximum atomic E-state index is 11.4. The molecule has 0 unspecified atom stereocenters. The number of ether oxygens (including phenoxy) is 1. The van der Waals surface area contributed by atoms with Gasteiger partial charge in [0.25, 0.3) is 5.56 Å². The second-order valence-corrected chi connectivity index (χ2v) is 3.16. The van der Waals surface area contributed by atoms with Crippen LogP contribution in [0.25, 0.3) is 0 Å². The zero-order chi connectivity index (χ0) is 16.8. The number of aromatic amines is 1. The molecule has 116 valence electrons. The van der Waals surface area contributed by atoms with Crippen molar-refractivity contribution in [2.75, 3.05) is 6.61 Å². The van der Waals surface area contributed by atoms with Crippen molar-refractivity contribution in [2.45, 2.75) is 6.23 Å². The quantitative estimate of drug-likeness (QED) is 0.463. The summed E-state index contributed by atoms with van der Waals surface area (Å²) in [7, 11) is 0. The standard InChI is InChI=1S/C10H10N2O3.3CO.Fe/c1-2-7-5-9(15-6-7)12-4-3-8(13)11-10(12)14;3*1-2;/h2-5,9H,1,6H2,(H,11,13,14);;;;/t9-;;;;/m1..../s1. The van der Waals surface area contributed by atoms with Crippen molar-refractivity contribution in [1.82, 2.24) is 9.55 Å². The van der Waals surface area contributed by atoms with Gasteiger partial charge in [-0.25, -0.2) is 4.79 Å². The molecule has 22 heavy (non-hydrogen) atoms. The number of hydrogen-bond acceptors (Lipinski definition) is 3. The van der Waals surface area contributed by atoms with Crippen LogP contribution in [0.1, 0.15) is 6.23 Å². The Balaban J connectivity index is -0.000000463. The summed E-state index contributed by atoms with van der Waals surface area (Å²) in [5.74, 6) is 0. The maximum absolute atomic E-state index is 11.4. The van der Waals surface area contributed by atoms with Gasteiger partial charge in [-0.05, 0) is 11.6 Å². The molecule has 0 saturated carbocycles. The Bertz CT molecular complexity index is 638. The van der Waals surface area contributed by atoms with Crippen LogP contribution in [0, 0.1) is 20.0 Å². The van der Waals surface area contributed by atoms with Crippen molar-refractivity contribution < 1.29 is 35.8 Å². The molecule has 0 fully saturated rings. The molecule has 1 aliphatic rings. The maximum Gasteiger partial charge on any atom is 0 e. The van der Waals surface area contributed by atoms with Gasteiger partial charge in [0.2, 0.25) is 0 Å². The Hall–Kier alpha value is -2.14. The predicted molar refractivity (Wildman–Crippen MR) is 66.4 cm³/mol. The van der Waals surface area contributed by atoms with E-state index in [1.54, 1.807) is 12.2 Å². The van der Waals surface area contributed by atoms with E-state index in [2.05, 4.69) is 31.5 Å². The van der Waals surface area contributed by atoms with E-state index in [-0.39, 0.29) is 17.1 Å². The number of aromatic nitrogens is 2. The van der Waals surface area contributed by atoms with Crippen LogP contribution in [-0.4, -0.2) is 16.2 Å². The van der Waals surface area contributed by atoms with Crippen LogP contribution >= 0.6 is 0 Å². The van der Waals surface area contributed by atoms with E-state index in [1.807, 2.05) is 0 Å². The molecule has 1 aliphatic heterocycles. The Morgan fingerprint density at radius 1 is 1.27 bits per heavy atom. The molecule has 0 amide bonds. The molecule has 1 atom stereocenters. The third kappa shape index (κ3) is 7.59. The van der Waals surface area contributed by atoms with Gasteiger partial charge in [0, 0.05) is 29.3 Å². The molecular weight excluding hydrogens is 336 g/mol. The smallest absolute Gasteiger partial charge is 0 e. The molecule has 9 heteroatoms. The molecule has 0 aromatic carbocycles. The average molecular weight is 346 g/mol. The summed E-state index contributed by atoms with van der Waals surface area (Å²) in [6, 6.07) is 1.28. The molecule has 0 saturated heterocycles. The Morgan fingerprint density at radius 3 is 2.23 bits per heavy atom. The van der Waals surface area contributed by atoms with Gasteiger partial charge in [-0.1, -0.05) is 12.7 Å². The van der Waals surface area contributed by atoms with Crippen LogP contribution in [0.3, 0.4) is 0 Å². The molecule has 1 N–H and O–H groups in total. The van der Waals surface area contributed by atoms with Crippen molar-refractivity contribution in [3.63, 3.8) is 0 Å². The fourth-order valence-electron chi connectivity index (χ4n) is 1.38. The van der Waals surface area contributed by atoms with Crippen LogP contribution in [0.5, 0.6) is 0 Å². The van der Waals surface area contributed by atoms with Crippen molar-refractivity contribution in [3.05, 3.63) is 77.4 Å². The fourth-order valence-corrected chi connectivity index (χ4v) is 1.38. The SMILES string of the molecule is C=CC1=C[C@H](n2ccc(=O)[nH]c2=O)OC1.[C-]#[O+].[C-]#[O+].[C-]#[O+].[Fe]. The van der Waals surface area contributed by atoms with Gasteiger partial charge in [0.1, 0.15) is 0 Å². The third-order valence-corrected chi connectivity index (χ3v) is 2.16. The third-order valence-electron chi connectivity index (χ3n) is 2.16. The fraction of sp³-hybridized carbons (Fsp3) is 0.154. The first-order valence-electron chi connectivity index (χ1n) is 5.08. The summed E-state index contributed by atoms with van der Waals surface area (Å²) >= 11 is 0. The van der Waals surface area contributed by atoms with Crippen molar-refractivity contribution in [2.24, 2.45) is 0 Å². The summed E-state index contributed by atoms with van der Waals surface area (Å²) in [6.07, 6.45) is 4.42. The van der Waals surface area contributed by atoms with Gasteiger partial charge in [-0.2, -0.15) is 0 Å². The Labute approximate surface area is 136 Å². The zero-order valence-electron chi connectivity index (χ0n) is 11.1. The summed E-state index contributed by atoms with van der Waals surface area (Å²) in [5, 5.41) is 0. The average Bonchev–Trinajstić information content (AvgIpc) is 3.02. The molecule has 0 spiro atoms. The number of H-pyrrole nitrogens is 1. The monoisotopic (exact) mass is 346 g/mol. The minimum atomic E-state index is -0.478. The van der Waals surface area contributed by atoms with Crippen LogP contribution in [0.15, 0.2) is 46.2 Å². The molecule has 1 aromatic rings. The number of nitrogens with one attached hydrogen (secondary N) is 1. The van der Waals surface area contributed by atoms with E-state index in [0.29, 0.717) is 6.61 Å². The van der Waals surface area contributed by atoms with Gasteiger partial charge in [-0.15, -0.1) is 0 Å². The van der Waals surface area contributed by atoms with Crippen molar-refractivity contribution in [1.29, 1.82) is 0 Å². The van der Waals surface area contributed by atoms with Crippen molar-refractivity contribution >= 4 is 0 Å². The Morgan fingerprint density at radius 2 is 1.82 bits per heavy atom. The van der Waals surface area contributed by atoms with Gasteiger partial charge in [0.15, 0.2) is 6.23 Å².